The molecule has 2 N–H and O–H groups in total. The largest absolute Gasteiger partial charge is 0.489 e. The van der Waals surface area contributed by atoms with Crippen LogP contribution in [0, 0.1) is 6.92 Å². The molecule has 0 saturated heterocycles. The Labute approximate surface area is 169 Å². The predicted octanol–water partition coefficient (Wildman–Crippen LogP) is 4.97. The molecular formula is C23H25ClN2O2. The number of hydrogen-bond donors (Lipinski definition) is 2. The summed E-state index contributed by atoms with van der Waals surface area (Å²) in [7, 11) is 0. The van der Waals surface area contributed by atoms with E-state index < -0.39 is 0 Å². The van der Waals surface area contributed by atoms with Gasteiger partial charge in [0.15, 0.2) is 0 Å². The second kappa shape index (κ2) is 8.38. The first-order valence-electron chi connectivity index (χ1n) is 9.85. The van der Waals surface area contributed by atoms with Crippen molar-refractivity contribution >= 4 is 22.4 Å². The van der Waals surface area contributed by atoms with Crippen LogP contribution in [0.2, 0.25) is 5.02 Å². The molecule has 1 heterocycles. The van der Waals surface area contributed by atoms with E-state index in [-0.39, 0.29) is 11.7 Å². The highest BCUT2D eigenvalue weighted by Crippen LogP contribution is 2.32. The van der Waals surface area contributed by atoms with Gasteiger partial charge in [0.05, 0.1) is 11.1 Å². The van der Waals surface area contributed by atoms with Crippen molar-refractivity contribution in [3.63, 3.8) is 0 Å². The molecular weight excluding hydrogens is 372 g/mol. The van der Waals surface area contributed by atoms with Gasteiger partial charge >= 0.3 is 0 Å². The Hall–Kier alpha value is -2.30. The standard InChI is InChI=1S/C23H25ClN2O2/c1-15-4-2-3-5-17(15)14-26-18-6-8-19(9-7-18)28-22-12-16-10-11-25-23(27)20(16)13-21(22)24/h2-5,10-13,18-19,26H,6-9,14H2,1H3,(H,25,27)/t18-,19+. The van der Waals surface area contributed by atoms with Crippen molar-refractivity contribution in [2.75, 3.05) is 0 Å². The van der Waals surface area contributed by atoms with Crippen LogP contribution in [0.3, 0.4) is 0 Å². The third kappa shape index (κ3) is 4.23. The Balaban J connectivity index is 1.34. The molecule has 3 aromatic rings. The number of pyridine rings is 1. The topological polar surface area (TPSA) is 54.1 Å². The molecule has 0 radical (unpaired) electrons. The number of H-pyrrole nitrogens is 1. The molecule has 0 bridgehead atoms. The average Bonchev–Trinajstić information content (AvgIpc) is 2.70. The molecule has 146 valence electrons. The number of halogens is 1. The predicted molar refractivity (Wildman–Crippen MR) is 114 cm³/mol. The van der Waals surface area contributed by atoms with Crippen LogP contribution in [-0.2, 0) is 6.54 Å². The van der Waals surface area contributed by atoms with Crippen LogP contribution in [-0.4, -0.2) is 17.1 Å². The molecule has 4 nitrogen and oxygen atoms in total. The van der Waals surface area contributed by atoms with Gasteiger partial charge in [0, 0.05) is 24.2 Å². The summed E-state index contributed by atoms with van der Waals surface area (Å²) < 4.78 is 6.19. The lowest BCUT2D eigenvalue weighted by Gasteiger charge is -2.30. The molecule has 5 heteroatoms. The number of aromatic amines is 1. The minimum atomic E-state index is -0.133. The summed E-state index contributed by atoms with van der Waals surface area (Å²) in [6, 6.07) is 14.5. The van der Waals surface area contributed by atoms with Gasteiger partial charge in [0.25, 0.3) is 5.56 Å². The van der Waals surface area contributed by atoms with Crippen LogP contribution in [0.1, 0.15) is 36.8 Å². The monoisotopic (exact) mass is 396 g/mol. The van der Waals surface area contributed by atoms with E-state index in [2.05, 4.69) is 41.5 Å². The number of benzene rings is 2. The molecule has 1 aliphatic rings. The molecule has 0 amide bonds. The highest BCUT2D eigenvalue weighted by molar-refractivity contribution is 6.32. The first-order valence-corrected chi connectivity index (χ1v) is 10.2. The Kier molecular flexibility index (Phi) is 5.69. The molecule has 4 rings (SSSR count). The van der Waals surface area contributed by atoms with Crippen LogP contribution in [0.5, 0.6) is 5.75 Å². The molecule has 1 saturated carbocycles. The van der Waals surface area contributed by atoms with Gasteiger partial charge in [0.1, 0.15) is 5.75 Å². The number of nitrogens with one attached hydrogen (secondary N) is 2. The minimum absolute atomic E-state index is 0.133. The maximum Gasteiger partial charge on any atom is 0.255 e. The quantitative estimate of drug-likeness (QED) is 0.640. The van der Waals surface area contributed by atoms with Crippen molar-refractivity contribution < 1.29 is 4.74 Å². The molecule has 1 aromatic heterocycles. The molecule has 0 spiro atoms. The molecule has 1 fully saturated rings. The van der Waals surface area contributed by atoms with Crippen molar-refractivity contribution in [3.05, 3.63) is 75.2 Å². The summed E-state index contributed by atoms with van der Waals surface area (Å²) in [4.78, 5) is 14.6. The van der Waals surface area contributed by atoms with E-state index in [0.29, 0.717) is 22.2 Å². The maximum atomic E-state index is 11.9. The zero-order valence-electron chi connectivity index (χ0n) is 16.0. The van der Waals surface area contributed by atoms with E-state index in [9.17, 15) is 4.79 Å². The average molecular weight is 397 g/mol. The number of aryl methyl sites for hydroxylation is 1. The summed E-state index contributed by atoms with van der Waals surface area (Å²) in [5.74, 6) is 0.663. The van der Waals surface area contributed by atoms with Crippen molar-refractivity contribution in [1.82, 2.24) is 10.3 Å². The van der Waals surface area contributed by atoms with E-state index in [0.717, 1.165) is 37.6 Å². The van der Waals surface area contributed by atoms with Crippen molar-refractivity contribution in [2.45, 2.75) is 51.3 Å². The summed E-state index contributed by atoms with van der Waals surface area (Å²) >= 11 is 6.37. The zero-order valence-corrected chi connectivity index (χ0v) is 16.8. The number of rotatable bonds is 5. The number of aromatic nitrogens is 1. The van der Waals surface area contributed by atoms with Crippen LogP contribution >= 0.6 is 11.6 Å². The van der Waals surface area contributed by atoms with Crippen LogP contribution < -0.4 is 15.6 Å². The maximum absolute atomic E-state index is 11.9. The van der Waals surface area contributed by atoms with Gasteiger partial charge in [0.2, 0.25) is 0 Å². The summed E-state index contributed by atoms with van der Waals surface area (Å²) in [6.07, 6.45) is 5.97. The van der Waals surface area contributed by atoms with Crippen molar-refractivity contribution in [2.24, 2.45) is 0 Å². The molecule has 0 atom stereocenters. The lowest BCUT2D eigenvalue weighted by Crippen LogP contribution is -2.36. The second-order valence-corrected chi connectivity index (χ2v) is 7.98. The van der Waals surface area contributed by atoms with Crippen LogP contribution in [0.25, 0.3) is 10.8 Å². The number of hydrogen-bond acceptors (Lipinski definition) is 3. The fourth-order valence-electron chi connectivity index (χ4n) is 3.91. The van der Waals surface area contributed by atoms with Crippen LogP contribution in [0.4, 0.5) is 0 Å². The Bertz CT molecular complexity index is 1020. The zero-order chi connectivity index (χ0) is 19.5. The SMILES string of the molecule is Cc1ccccc1CN[C@H]1CC[C@@H](Oc2cc3cc[nH]c(=O)c3cc2Cl)CC1. The fraction of sp³-hybridized carbons (Fsp3) is 0.348. The smallest absolute Gasteiger partial charge is 0.255 e. The third-order valence-electron chi connectivity index (χ3n) is 5.64. The summed E-state index contributed by atoms with van der Waals surface area (Å²) in [6.45, 7) is 3.07. The van der Waals surface area contributed by atoms with Crippen molar-refractivity contribution in [1.29, 1.82) is 0 Å². The first-order chi connectivity index (χ1) is 13.6. The normalized spacial score (nSPS) is 19.6. The molecule has 0 unspecified atom stereocenters. The summed E-state index contributed by atoms with van der Waals surface area (Å²) in [5.41, 5.74) is 2.56. The number of fused-ring (bicyclic) bond motifs is 1. The van der Waals surface area contributed by atoms with E-state index in [1.165, 1.54) is 11.1 Å². The summed E-state index contributed by atoms with van der Waals surface area (Å²) in [5, 5.41) is 5.61. The van der Waals surface area contributed by atoms with Crippen LogP contribution in [0.15, 0.2) is 53.5 Å². The van der Waals surface area contributed by atoms with E-state index in [1.807, 2.05) is 12.1 Å². The Morgan fingerprint density at radius 1 is 1.14 bits per heavy atom. The van der Waals surface area contributed by atoms with Gasteiger partial charge in [-0.15, -0.1) is 0 Å². The van der Waals surface area contributed by atoms with Gasteiger partial charge in [-0.2, -0.15) is 0 Å². The minimum Gasteiger partial charge on any atom is -0.489 e. The fourth-order valence-corrected chi connectivity index (χ4v) is 4.11. The number of ether oxygens (including phenoxy) is 1. The molecule has 2 aromatic carbocycles. The van der Waals surface area contributed by atoms with Gasteiger partial charge in [-0.05, 0) is 67.3 Å². The highest BCUT2D eigenvalue weighted by Gasteiger charge is 2.23. The van der Waals surface area contributed by atoms with Gasteiger partial charge in [-0.25, -0.2) is 0 Å². The Morgan fingerprint density at radius 2 is 1.93 bits per heavy atom. The van der Waals surface area contributed by atoms with Gasteiger partial charge in [-0.1, -0.05) is 35.9 Å². The Morgan fingerprint density at radius 3 is 2.71 bits per heavy atom. The van der Waals surface area contributed by atoms with E-state index in [1.54, 1.807) is 12.3 Å². The second-order valence-electron chi connectivity index (χ2n) is 7.58. The third-order valence-corrected chi connectivity index (χ3v) is 5.93. The van der Waals surface area contributed by atoms with E-state index >= 15 is 0 Å². The van der Waals surface area contributed by atoms with Crippen molar-refractivity contribution in [3.8, 4) is 5.75 Å². The molecule has 1 aliphatic carbocycles. The van der Waals surface area contributed by atoms with Gasteiger partial charge in [-0.3, -0.25) is 4.79 Å². The highest BCUT2D eigenvalue weighted by atomic mass is 35.5. The first kappa shape index (κ1) is 19.0. The van der Waals surface area contributed by atoms with Gasteiger partial charge < -0.3 is 15.0 Å². The molecule has 0 aliphatic heterocycles. The molecule has 28 heavy (non-hydrogen) atoms. The lowest BCUT2D eigenvalue weighted by atomic mass is 9.92. The van der Waals surface area contributed by atoms with E-state index in [4.69, 9.17) is 16.3 Å². The lowest BCUT2D eigenvalue weighted by molar-refractivity contribution is 0.139.